The van der Waals surface area contributed by atoms with E-state index in [9.17, 15) is 0 Å². The number of aryl methyl sites for hydroxylation is 1. The van der Waals surface area contributed by atoms with Crippen molar-refractivity contribution in [3.63, 3.8) is 0 Å². The fourth-order valence-corrected chi connectivity index (χ4v) is 1.20. The van der Waals surface area contributed by atoms with Crippen LogP contribution >= 0.6 is 0 Å². The fraction of sp³-hybridized carbons (Fsp3) is 0.600. The second kappa shape index (κ2) is 2.85. The molecule has 0 aliphatic rings. The summed E-state index contributed by atoms with van der Waals surface area (Å²) < 4.78 is 10.7. The van der Waals surface area contributed by atoms with Crippen molar-refractivity contribution >= 4 is 0 Å². The number of hydrogen-bond acceptors (Lipinski definition) is 2. The first-order valence-corrected chi connectivity index (χ1v) is 4.09. The number of rotatable bonds is 1. The molecule has 0 aliphatic carbocycles. The maximum atomic E-state index is 5.43. The van der Waals surface area contributed by atoms with Gasteiger partial charge < -0.3 is 9.15 Å². The smallest absolute Gasteiger partial charge is 0.163 e. The second-order valence-corrected chi connectivity index (χ2v) is 4.03. The molecule has 12 heavy (non-hydrogen) atoms. The zero-order chi connectivity index (χ0) is 9.35. The molecule has 0 spiro atoms. The molecule has 0 amide bonds. The van der Waals surface area contributed by atoms with Crippen LogP contribution in [0.4, 0.5) is 0 Å². The molecule has 0 radical (unpaired) electrons. The van der Waals surface area contributed by atoms with Gasteiger partial charge in [0.2, 0.25) is 0 Å². The highest BCUT2D eigenvalue weighted by molar-refractivity contribution is 5.37. The maximum absolute atomic E-state index is 5.43. The van der Waals surface area contributed by atoms with Crippen molar-refractivity contribution in [2.75, 3.05) is 7.11 Å². The first-order valence-electron chi connectivity index (χ1n) is 4.09. The van der Waals surface area contributed by atoms with Crippen LogP contribution in [0, 0.1) is 6.92 Å². The summed E-state index contributed by atoms with van der Waals surface area (Å²) in [6.45, 7) is 8.30. The van der Waals surface area contributed by atoms with Gasteiger partial charge in [0, 0.05) is 11.0 Å². The van der Waals surface area contributed by atoms with Gasteiger partial charge in [-0.3, -0.25) is 0 Å². The van der Waals surface area contributed by atoms with E-state index in [1.54, 1.807) is 13.4 Å². The van der Waals surface area contributed by atoms with E-state index in [1.165, 1.54) is 0 Å². The fourth-order valence-electron chi connectivity index (χ4n) is 1.20. The second-order valence-electron chi connectivity index (χ2n) is 4.03. The van der Waals surface area contributed by atoms with E-state index in [-0.39, 0.29) is 5.41 Å². The molecule has 1 rings (SSSR count). The zero-order valence-corrected chi connectivity index (χ0v) is 8.39. The van der Waals surface area contributed by atoms with Crippen molar-refractivity contribution in [3.05, 3.63) is 17.6 Å². The van der Waals surface area contributed by atoms with Crippen molar-refractivity contribution in [1.29, 1.82) is 0 Å². The molecule has 2 heteroatoms. The molecule has 0 aliphatic heterocycles. The van der Waals surface area contributed by atoms with Gasteiger partial charge in [-0.25, -0.2) is 0 Å². The van der Waals surface area contributed by atoms with Gasteiger partial charge in [-0.2, -0.15) is 0 Å². The Morgan fingerprint density at radius 1 is 1.33 bits per heavy atom. The van der Waals surface area contributed by atoms with Crippen molar-refractivity contribution in [1.82, 2.24) is 0 Å². The first kappa shape index (κ1) is 9.17. The molecule has 68 valence electrons. The van der Waals surface area contributed by atoms with E-state index in [0.717, 1.165) is 17.1 Å². The Balaban J connectivity index is 3.16. The lowest BCUT2D eigenvalue weighted by atomic mass is 9.92. The normalized spacial score (nSPS) is 11.8. The molecule has 0 aromatic carbocycles. The third-order valence-corrected chi connectivity index (χ3v) is 1.80. The van der Waals surface area contributed by atoms with Crippen molar-refractivity contribution in [3.8, 4) is 5.75 Å². The number of ether oxygens (including phenoxy) is 1. The Hall–Kier alpha value is -0.920. The summed E-state index contributed by atoms with van der Waals surface area (Å²) in [5, 5.41) is 0. The number of hydrogen-bond donors (Lipinski definition) is 0. The third kappa shape index (κ3) is 1.47. The van der Waals surface area contributed by atoms with E-state index in [2.05, 4.69) is 20.8 Å². The van der Waals surface area contributed by atoms with Gasteiger partial charge in [0.25, 0.3) is 0 Å². The molecule has 1 aromatic rings. The van der Waals surface area contributed by atoms with Gasteiger partial charge in [0.05, 0.1) is 13.4 Å². The van der Waals surface area contributed by atoms with E-state index in [4.69, 9.17) is 9.15 Å². The Morgan fingerprint density at radius 3 is 2.25 bits per heavy atom. The largest absolute Gasteiger partial charge is 0.493 e. The van der Waals surface area contributed by atoms with Gasteiger partial charge in [-0.05, 0) is 6.92 Å². The topological polar surface area (TPSA) is 22.4 Å². The summed E-state index contributed by atoms with van der Waals surface area (Å²) in [6.07, 6.45) is 1.74. The molecule has 0 atom stereocenters. The van der Waals surface area contributed by atoms with Gasteiger partial charge >= 0.3 is 0 Å². The predicted molar refractivity (Wildman–Crippen MR) is 48.7 cm³/mol. The van der Waals surface area contributed by atoms with Gasteiger partial charge in [0.15, 0.2) is 11.5 Å². The minimum atomic E-state index is 0.0135. The van der Waals surface area contributed by atoms with E-state index >= 15 is 0 Å². The molecule has 1 heterocycles. The van der Waals surface area contributed by atoms with Crippen LogP contribution in [0.3, 0.4) is 0 Å². The van der Waals surface area contributed by atoms with Crippen LogP contribution in [0.15, 0.2) is 10.7 Å². The van der Waals surface area contributed by atoms with Crippen LogP contribution in [-0.2, 0) is 5.41 Å². The molecule has 1 aromatic heterocycles. The van der Waals surface area contributed by atoms with Crippen LogP contribution in [-0.4, -0.2) is 7.11 Å². The number of furan rings is 1. The zero-order valence-electron chi connectivity index (χ0n) is 8.39. The predicted octanol–water partition coefficient (Wildman–Crippen LogP) is 2.89. The lowest BCUT2D eigenvalue weighted by Gasteiger charge is -2.16. The lowest BCUT2D eigenvalue weighted by Crippen LogP contribution is -2.11. The quantitative estimate of drug-likeness (QED) is 0.643. The molecular formula is C10H16O2. The molecule has 0 bridgehead atoms. The first-order chi connectivity index (χ1) is 5.46. The standard InChI is InChI=1S/C10H16O2/c1-7-6-12-9(8(7)11-5)10(2,3)4/h6H,1-5H3. The van der Waals surface area contributed by atoms with E-state index < -0.39 is 0 Å². The molecule has 0 N–H and O–H groups in total. The SMILES string of the molecule is COc1c(C)coc1C(C)(C)C. The minimum Gasteiger partial charge on any atom is -0.493 e. The molecule has 0 unspecified atom stereocenters. The maximum Gasteiger partial charge on any atom is 0.163 e. The average Bonchev–Trinajstić information content (AvgIpc) is 2.29. The molecule has 0 saturated carbocycles. The minimum absolute atomic E-state index is 0.0135. The van der Waals surface area contributed by atoms with Crippen LogP contribution in [0.1, 0.15) is 32.1 Å². The Labute approximate surface area is 73.5 Å². The highest BCUT2D eigenvalue weighted by Gasteiger charge is 2.24. The monoisotopic (exact) mass is 168 g/mol. The van der Waals surface area contributed by atoms with Crippen LogP contribution in [0.5, 0.6) is 5.75 Å². The van der Waals surface area contributed by atoms with Gasteiger partial charge in [-0.1, -0.05) is 20.8 Å². The molecular weight excluding hydrogens is 152 g/mol. The highest BCUT2D eigenvalue weighted by Crippen LogP contribution is 2.34. The summed E-state index contributed by atoms with van der Waals surface area (Å²) in [7, 11) is 1.67. The van der Waals surface area contributed by atoms with E-state index in [1.807, 2.05) is 6.92 Å². The molecule has 2 nitrogen and oxygen atoms in total. The average molecular weight is 168 g/mol. The summed E-state index contributed by atoms with van der Waals surface area (Å²) in [5.74, 6) is 1.80. The summed E-state index contributed by atoms with van der Waals surface area (Å²) in [4.78, 5) is 0. The summed E-state index contributed by atoms with van der Waals surface area (Å²) >= 11 is 0. The van der Waals surface area contributed by atoms with Gasteiger partial charge in [-0.15, -0.1) is 0 Å². The van der Waals surface area contributed by atoms with Crippen molar-refractivity contribution < 1.29 is 9.15 Å². The van der Waals surface area contributed by atoms with Crippen molar-refractivity contribution in [2.45, 2.75) is 33.1 Å². The highest BCUT2D eigenvalue weighted by atomic mass is 16.5. The summed E-state index contributed by atoms with van der Waals surface area (Å²) in [6, 6.07) is 0. The summed E-state index contributed by atoms with van der Waals surface area (Å²) in [5.41, 5.74) is 1.07. The van der Waals surface area contributed by atoms with Crippen LogP contribution in [0.2, 0.25) is 0 Å². The third-order valence-electron chi connectivity index (χ3n) is 1.80. The Kier molecular flexibility index (Phi) is 2.18. The molecule has 0 fully saturated rings. The van der Waals surface area contributed by atoms with Crippen LogP contribution < -0.4 is 4.74 Å². The molecule has 0 saturated heterocycles. The van der Waals surface area contributed by atoms with Crippen LogP contribution in [0.25, 0.3) is 0 Å². The number of methoxy groups -OCH3 is 1. The Bertz CT molecular complexity index is 266. The van der Waals surface area contributed by atoms with E-state index in [0.29, 0.717) is 0 Å². The Morgan fingerprint density at radius 2 is 1.92 bits per heavy atom. The van der Waals surface area contributed by atoms with Gasteiger partial charge in [0.1, 0.15) is 0 Å². The lowest BCUT2D eigenvalue weighted by molar-refractivity contribution is 0.351. The van der Waals surface area contributed by atoms with Crippen molar-refractivity contribution in [2.24, 2.45) is 0 Å².